The quantitative estimate of drug-likeness (QED) is 0.650. The minimum atomic E-state index is -0.415. The Bertz CT molecular complexity index is 626. The molecule has 0 fully saturated rings. The number of nitro groups is 1. The smallest absolute Gasteiger partial charge is 0.269 e. The molecule has 0 amide bonds. The van der Waals surface area contributed by atoms with Crippen LogP contribution in [0.25, 0.3) is 11.4 Å². The van der Waals surface area contributed by atoms with Gasteiger partial charge in [-0.2, -0.15) is 0 Å². The summed E-state index contributed by atoms with van der Waals surface area (Å²) < 4.78 is 0. The lowest BCUT2D eigenvalue weighted by Gasteiger charge is -2.08. The monoisotopic (exact) mass is 286 g/mol. The number of rotatable bonds is 6. The molecule has 0 aliphatic heterocycles. The molecule has 2 rings (SSSR count). The Hall–Kier alpha value is -2.50. The van der Waals surface area contributed by atoms with Gasteiger partial charge in [-0.1, -0.05) is 13.8 Å². The molecular weight excluding hydrogens is 268 g/mol. The lowest BCUT2D eigenvalue weighted by Crippen LogP contribution is -2.05. The third-order valence-electron chi connectivity index (χ3n) is 3.03. The molecule has 1 aromatic carbocycles. The molecular formula is C15H18N4O2. The maximum Gasteiger partial charge on any atom is 0.269 e. The Balaban J connectivity index is 2.35. The summed E-state index contributed by atoms with van der Waals surface area (Å²) >= 11 is 0. The van der Waals surface area contributed by atoms with Gasteiger partial charge in [-0.15, -0.1) is 0 Å². The zero-order valence-electron chi connectivity index (χ0n) is 12.2. The molecule has 0 radical (unpaired) electrons. The van der Waals surface area contributed by atoms with Crippen LogP contribution >= 0.6 is 0 Å². The molecule has 0 spiro atoms. The molecule has 1 N–H and O–H groups in total. The maximum absolute atomic E-state index is 10.7. The largest absolute Gasteiger partial charge is 0.370 e. The van der Waals surface area contributed by atoms with Crippen LogP contribution < -0.4 is 5.32 Å². The first-order valence-electron chi connectivity index (χ1n) is 7.00. The number of nitrogens with zero attached hydrogens (tertiary/aromatic N) is 3. The van der Waals surface area contributed by atoms with E-state index in [9.17, 15) is 10.1 Å². The van der Waals surface area contributed by atoms with E-state index in [0.717, 1.165) is 36.5 Å². The molecule has 2 aromatic rings. The minimum Gasteiger partial charge on any atom is -0.370 e. The predicted molar refractivity (Wildman–Crippen MR) is 82.3 cm³/mol. The van der Waals surface area contributed by atoms with Crippen molar-refractivity contribution < 1.29 is 4.92 Å². The highest BCUT2D eigenvalue weighted by Gasteiger charge is 2.09. The number of anilines is 1. The lowest BCUT2D eigenvalue weighted by molar-refractivity contribution is -0.384. The summed E-state index contributed by atoms with van der Waals surface area (Å²) in [5.74, 6) is 1.37. The highest BCUT2D eigenvalue weighted by atomic mass is 16.6. The second-order valence-corrected chi connectivity index (χ2v) is 4.65. The molecule has 0 saturated heterocycles. The first-order valence-corrected chi connectivity index (χ1v) is 7.00. The van der Waals surface area contributed by atoms with Crippen molar-refractivity contribution in [2.24, 2.45) is 0 Å². The molecule has 0 aliphatic rings. The van der Waals surface area contributed by atoms with E-state index in [1.807, 2.05) is 13.0 Å². The van der Waals surface area contributed by atoms with Crippen molar-refractivity contribution >= 4 is 11.5 Å². The van der Waals surface area contributed by atoms with E-state index in [0.29, 0.717) is 5.82 Å². The van der Waals surface area contributed by atoms with Gasteiger partial charge in [0.2, 0.25) is 0 Å². The van der Waals surface area contributed by atoms with Crippen molar-refractivity contribution in [1.82, 2.24) is 9.97 Å². The molecule has 6 nitrogen and oxygen atoms in total. The molecule has 0 aliphatic carbocycles. The van der Waals surface area contributed by atoms with Gasteiger partial charge in [-0.25, -0.2) is 9.97 Å². The Labute approximate surface area is 123 Å². The number of non-ortho nitro benzene ring substituents is 1. The Morgan fingerprint density at radius 2 is 1.90 bits per heavy atom. The summed E-state index contributed by atoms with van der Waals surface area (Å²) in [5.41, 5.74) is 1.78. The summed E-state index contributed by atoms with van der Waals surface area (Å²) in [7, 11) is 0. The van der Waals surface area contributed by atoms with Gasteiger partial charge in [0, 0.05) is 36.0 Å². The maximum atomic E-state index is 10.7. The SMILES string of the molecule is CCCNc1cc(CC)nc(-c2ccc([N+](=O)[O-])cc2)n1. The standard InChI is InChI=1S/C15H18N4O2/c1-3-9-16-14-10-12(4-2)17-15(18-14)11-5-7-13(8-6-11)19(20)21/h5-8,10H,3-4,9H2,1-2H3,(H,16,17,18). The third kappa shape index (κ3) is 3.75. The average Bonchev–Trinajstić information content (AvgIpc) is 2.52. The number of hydrogen-bond acceptors (Lipinski definition) is 5. The zero-order chi connectivity index (χ0) is 15.2. The van der Waals surface area contributed by atoms with Crippen LogP contribution in [-0.4, -0.2) is 21.4 Å². The summed E-state index contributed by atoms with van der Waals surface area (Å²) in [6.45, 7) is 4.97. The van der Waals surface area contributed by atoms with Crippen LogP contribution in [0.4, 0.5) is 11.5 Å². The molecule has 0 atom stereocenters. The van der Waals surface area contributed by atoms with Gasteiger partial charge in [0.25, 0.3) is 5.69 Å². The summed E-state index contributed by atoms with van der Waals surface area (Å²) in [6, 6.07) is 8.23. The van der Waals surface area contributed by atoms with Gasteiger partial charge in [-0.3, -0.25) is 10.1 Å². The van der Waals surface area contributed by atoms with Crippen molar-refractivity contribution in [3.8, 4) is 11.4 Å². The van der Waals surface area contributed by atoms with E-state index in [4.69, 9.17) is 0 Å². The molecule has 1 heterocycles. The Morgan fingerprint density at radius 3 is 2.48 bits per heavy atom. The molecule has 0 unspecified atom stereocenters. The minimum absolute atomic E-state index is 0.0646. The normalized spacial score (nSPS) is 10.4. The number of aryl methyl sites for hydroxylation is 1. The van der Waals surface area contributed by atoms with Crippen LogP contribution in [0.3, 0.4) is 0 Å². The van der Waals surface area contributed by atoms with Gasteiger partial charge in [0.15, 0.2) is 5.82 Å². The van der Waals surface area contributed by atoms with Crippen LogP contribution in [0.15, 0.2) is 30.3 Å². The van der Waals surface area contributed by atoms with Crippen molar-refractivity contribution in [3.05, 3.63) is 46.1 Å². The van der Waals surface area contributed by atoms with E-state index < -0.39 is 4.92 Å². The summed E-state index contributed by atoms with van der Waals surface area (Å²) in [4.78, 5) is 19.2. The Kier molecular flexibility index (Phi) is 4.81. The van der Waals surface area contributed by atoms with Crippen LogP contribution in [-0.2, 0) is 6.42 Å². The molecule has 110 valence electrons. The average molecular weight is 286 g/mol. The summed E-state index contributed by atoms with van der Waals surface area (Å²) in [5, 5.41) is 13.9. The summed E-state index contributed by atoms with van der Waals surface area (Å²) in [6.07, 6.45) is 1.82. The number of nitro benzene ring substituents is 1. The van der Waals surface area contributed by atoms with Gasteiger partial charge >= 0.3 is 0 Å². The van der Waals surface area contributed by atoms with Gasteiger partial charge in [-0.05, 0) is 25.0 Å². The van der Waals surface area contributed by atoms with E-state index in [-0.39, 0.29) is 5.69 Å². The van der Waals surface area contributed by atoms with Crippen LogP contribution in [0.1, 0.15) is 26.0 Å². The lowest BCUT2D eigenvalue weighted by atomic mass is 10.2. The van der Waals surface area contributed by atoms with Crippen molar-refractivity contribution in [2.75, 3.05) is 11.9 Å². The van der Waals surface area contributed by atoms with E-state index in [1.54, 1.807) is 12.1 Å². The Morgan fingerprint density at radius 1 is 1.19 bits per heavy atom. The van der Waals surface area contributed by atoms with Crippen LogP contribution in [0, 0.1) is 10.1 Å². The van der Waals surface area contributed by atoms with Crippen molar-refractivity contribution in [1.29, 1.82) is 0 Å². The second-order valence-electron chi connectivity index (χ2n) is 4.65. The van der Waals surface area contributed by atoms with E-state index in [1.165, 1.54) is 12.1 Å². The van der Waals surface area contributed by atoms with E-state index in [2.05, 4.69) is 22.2 Å². The fourth-order valence-corrected chi connectivity index (χ4v) is 1.88. The molecule has 0 bridgehead atoms. The first-order chi connectivity index (χ1) is 10.1. The third-order valence-corrected chi connectivity index (χ3v) is 3.03. The van der Waals surface area contributed by atoms with Gasteiger partial charge in [0.1, 0.15) is 5.82 Å². The molecule has 21 heavy (non-hydrogen) atoms. The zero-order valence-corrected chi connectivity index (χ0v) is 12.2. The second kappa shape index (κ2) is 6.78. The number of aromatic nitrogens is 2. The van der Waals surface area contributed by atoms with Gasteiger partial charge in [0.05, 0.1) is 4.92 Å². The van der Waals surface area contributed by atoms with Crippen LogP contribution in [0.5, 0.6) is 0 Å². The number of hydrogen-bond donors (Lipinski definition) is 1. The van der Waals surface area contributed by atoms with Crippen molar-refractivity contribution in [3.63, 3.8) is 0 Å². The fourth-order valence-electron chi connectivity index (χ4n) is 1.88. The van der Waals surface area contributed by atoms with E-state index >= 15 is 0 Å². The highest BCUT2D eigenvalue weighted by Crippen LogP contribution is 2.21. The van der Waals surface area contributed by atoms with Crippen molar-refractivity contribution in [2.45, 2.75) is 26.7 Å². The number of benzene rings is 1. The molecule has 0 saturated carbocycles. The molecule has 6 heteroatoms. The first kappa shape index (κ1) is 14.9. The fraction of sp³-hybridized carbons (Fsp3) is 0.333. The highest BCUT2D eigenvalue weighted by molar-refractivity contribution is 5.59. The number of nitrogens with one attached hydrogen (secondary N) is 1. The van der Waals surface area contributed by atoms with Gasteiger partial charge < -0.3 is 5.32 Å². The topological polar surface area (TPSA) is 81.0 Å². The molecule has 1 aromatic heterocycles. The van der Waals surface area contributed by atoms with Crippen LogP contribution in [0.2, 0.25) is 0 Å². The predicted octanol–water partition coefficient (Wildman–Crippen LogP) is 3.44.